The molecule has 9 heteroatoms. The van der Waals surface area contributed by atoms with Gasteiger partial charge in [0.1, 0.15) is 18.1 Å². The number of carbonyl (C=O) groups excluding carboxylic acids is 3. The number of hydrogen-bond acceptors (Lipinski definition) is 4. The van der Waals surface area contributed by atoms with Gasteiger partial charge in [0.25, 0.3) is 0 Å². The summed E-state index contributed by atoms with van der Waals surface area (Å²) in [6.07, 6.45) is 0. The molecule has 0 radical (unpaired) electrons. The Morgan fingerprint density at radius 3 is 2.41 bits per heavy atom. The molecule has 3 rings (SSSR count). The molecular weight excluding hydrogens is 401 g/mol. The van der Waals surface area contributed by atoms with E-state index in [1.54, 1.807) is 24.3 Å². The standard InChI is InChI=1S/C20H19ClFN3O4/c1-29-17-7-6-15(10-16(17)21)23-18(26)12-25-9-8-24(19(27)20(25)28)11-13-2-4-14(22)5-3-13/h2-7,10H,8-9,11-12H2,1H3,(H,23,26). The molecule has 2 aromatic rings. The van der Waals surface area contributed by atoms with Crippen LogP contribution in [-0.2, 0) is 20.9 Å². The topological polar surface area (TPSA) is 79.0 Å². The minimum Gasteiger partial charge on any atom is -0.495 e. The van der Waals surface area contributed by atoms with Crippen LogP contribution in [0.5, 0.6) is 5.75 Å². The van der Waals surface area contributed by atoms with Gasteiger partial charge in [0.15, 0.2) is 0 Å². The Balaban J connectivity index is 1.56. The second kappa shape index (κ2) is 8.91. The van der Waals surface area contributed by atoms with Crippen molar-refractivity contribution in [3.8, 4) is 5.75 Å². The van der Waals surface area contributed by atoms with Gasteiger partial charge in [0, 0.05) is 25.3 Å². The van der Waals surface area contributed by atoms with Crippen molar-refractivity contribution < 1.29 is 23.5 Å². The molecule has 3 amide bonds. The average molecular weight is 420 g/mol. The Morgan fingerprint density at radius 2 is 1.76 bits per heavy atom. The molecule has 1 saturated heterocycles. The minimum absolute atomic E-state index is 0.204. The number of nitrogens with one attached hydrogen (secondary N) is 1. The monoisotopic (exact) mass is 419 g/mol. The number of rotatable bonds is 6. The van der Waals surface area contributed by atoms with Crippen LogP contribution in [0.1, 0.15) is 5.56 Å². The number of piperazine rings is 1. The Morgan fingerprint density at radius 1 is 1.10 bits per heavy atom. The lowest BCUT2D eigenvalue weighted by Crippen LogP contribution is -2.55. The predicted molar refractivity (Wildman–Crippen MR) is 105 cm³/mol. The maximum Gasteiger partial charge on any atom is 0.312 e. The van der Waals surface area contributed by atoms with Crippen LogP contribution < -0.4 is 10.1 Å². The maximum atomic E-state index is 13.0. The van der Waals surface area contributed by atoms with Gasteiger partial charge in [-0.15, -0.1) is 0 Å². The van der Waals surface area contributed by atoms with Crippen LogP contribution in [0.4, 0.5) is 10.1 Å². The summed E-state index contributed by atoms with van der Waals surface area (Å²) in [5, 5.41) is 2.98. The fraction of sp³-hybridized carbons (Fsp3) is 0.250. The summed E-state index contributed by atoms with van der Waals surface area (Å²) in [7, 11) is 1.48. The van der Waals surface area contributed by atoms with Gasteiger partial charge < -0.3 is 19.9 Å². The van der Waals surface area contributed by atoms with E-state index >= 15 is 0 Å². The van der Waals surface area contributed by atoms with Crippen molar-refractivity contribution >= 4 is 35.0 Å². The number of benzene rings is 2. The van der Waals surface area contributed by atoms with Crippen LogP contribution >= 0.6 is 11.6 Å². The van der Waals surface area contributed by atoms with Crippen LogP contribution in [0.2, 0.25) is 5.02 Å². The number of ether oxygens (including phenoxy) is 1. The second-order valence-electron chi connectivity index (χ2n) is 6.48. The molecule has 1 heterocycles. The van der Waals surface area contributed by atoms with E-state index in [4.69, 9.17) is 16.3 Å². The van der Waals surface area contributed by atoms with E-state index in [0.29, 0.717) is 16.5 Å². The van der Waals surface area contributed by atoms with Crippen molar-refractivity contribution in [1.29, 1.82) is 0 Å². The molecule has 1 aliphatic heterocycles. The summed E-state index contributed by atoms with van der Waals surface area (Å²) in [6, 6.07) is 10.5. The molecule has 29 heavy (non-hydrogen) atoms. The van der Waals surface area contributed by atoms with E-state index in [-0.39, 0.29) is 32.0 Å². The number of halogens is 2. The third-order valence-electron chi connectivity index (χ3n) is 4.45. The molecule has 0 spiro atoms. The summed E-state index contributed by atoms with van der Waals surface area (Å²) >= 11 is 6.03. The molecule has 1 aliphatic rings. The van der Waals surface area contributed by atoms with Crippen LogP contribution in [0, 0.1) is 5.82 Å². The van der Waals surface area contributed by atoms with Gasteiger partial charge in [-0.1, -0.05) is 23.7 Å². The molecule has 2 aromatic carbocycles. The van der Waals surface area contributed by atoms with Crippen molar-refractivity contribution in [2.24, 2.45) is 0 Å². The number of amides is 3. The third-order valence-corrected chi connectivity index (χ3v) is 4.75. The molecule has 0 unspecified atom stereocenters. The van der Waals surface area contributed by atoms with Gasteiger partial charge in [-0.05, 0) is 35.9 Å². The normalized spacial score (nSPS) is 14.2. The van der Waals surface area contributed by atoms with Crippen molar-refractivity contribution in [2.45, 2.75) is 6.54 Å². The smallest absolute Gasteiger partial charge is 0.312 e. The number of carbonyl (C=O) groups is 3. The maximum absolute atomic E-state index is 13.0. The number of nitrogens with zero attached hydrogens (tertiary/aromatic N) is 2. The molecule has 0 aromatic heterocycles. The Hall–Kier alpha value is -3.13. The van der Waals surface area contributed by atoms with E-state index in [9.17, 15) is 18.8 Å². The SMILES string of the molecule is COc1ccc(NC(=O)CN2CCN(Cc3ccc(F)cc3)C(=O)C2=O)cc1Cl. The molecular formula is C20H19ClFN3O4. The van der Waals surface area contributed by atoms with E-state index in [1.165, 1.54) is 35.1 Å². The Bertz CT molecular complexity index is 936. The highest BCUT2D eigenvalue weighted by Crippen LogP contribution is 2.27. The summed E-state index contributed by atoms with van der Waals surface area (Å²) in [5.41, 5.74) is 1.17. The van der Waals surface area contributed by atoms with Crippen LogP contribution in [-0.4, -0.2) is 54.3 Å². The quantitative estimate of drug-likeness (QED) is 0.729. The van der Waals surface area contributed by atoms with Crippen LogP contribution in [0.3, 0.4) is 0 Å². The first-order valence-corrected chi connectivity index (χ1v) is 9.21. The van der Waals surface area contributed by atoms with Gasteiger partial charge in [-0.2, -0.15) is 0 Å². The number of hydrogen-bond donors (Lipinski definition) is 1. The van der Waals surface area contributed by atoms with Gasteiger partial charge in [0.05, 0.1) is 12.1 Å². The summed E-state index contributed by atoms with van der Waals surface area (Å²) in [6.45, 7) is 0.458. The van der Waals surface area contributed by atoms with E-state index < -0.39 is 17.7 Å². The molecule has 0 atom stereocenters. The number of methoxy groups -OCH3 is 1. The predicted octanol–water partition coefficient (Wildman–Crippen LogP) is 2.30. The lowest BCUT2D eigenvalue weighted by molar-refractivity contribution is -0.157. The molecule has 1 N–H and O–H groups in total. The fourth-order valence-corrected chi connectivity index (χ4v) is 3.20. The highest BCUT2D eigenvalue weighted by atomic mass is 35.5. The Kier molecular flexibility index (Phi) is 6.33. The first-order valence-electron chi connectivity index (χ1n) is 8.83. The van der Waals surface area contributed by atoms with Crippen LogP contribution in [0.25, 0.3) is 0 Å². The molecule has 0 bridgehead atoms. The summed E-state index contributed by atoms with van der Waals surface area (Å²) in [4.78, 5) is 39.6. The van der Waals surface area contributed by atoms with E-state index in [2.05, 4.69) is 5.32 Å². The molecule has 152 valence electrons. The average Bonchev–Trinajstić information content (AvgIpc) is 2.69. The first-order chi connectivity index (χ1) is 13.9. The van der Waals surface area contributed by atoms with Crippen molar-refractivity contribution in [1.82, 2.24) is 9.80 Å². The van der Waals surface area contributed by atoms with E-state index in [1.807, 2.05) is 0 Å². The molecule has 1 fully saturated rings. The van der Waals surface area contributed by atoms with Gasteiger partial charge in [0.2, 0.25) is 5.91 Å². The largest absolute Gasteiger partial charge is 0.495 e. The van der Waals surface area contributed by atoms with Crippen molar-refractivity contribution in [3.63, 3.8) is 0 Å². The molecule has 0 saturated carbocycles. The van der Waals surface area contributed by atoms with E-state index in [0.717, 1.165) is 5.56 Å². The molecule has 0 aliphatic carbocycles. The van der Waals surface area contributed by atoms with Gasteiger partial charge in [-0.25, -0.2) is 4.39 Å². The zero-order valence-electron chi connectivity index (χ0n) is 15.7. The second-order valence-corrected chi connectivity index (χ2v) is 6.88. The summed E-state index contributed by atoms with van der Waals surface area (Å²) < 4.78 is 18.1. The third kappa shape index (κ3) is 5.03. The fourth-order valence-electron chi connectivity index (χ4n) is 2.94. The highest BCUT2D eigenvalue weighted by molar-refractivity contribution is 6.35. The van der Waals surface area contributed by atoms with Gasteiger partial charge >= 0.3 is 11.8 Å². The molecule has 7 nitrogen and oxygen atoms in total. The van der Waals surface area contributed by atoms with Crippen molar-refractivity contribution in [2.75, 3.05) is 32.1 Å². The minimum atomic E-state index is -0.749. The Labute approximate surface area is 172 Å². The lowest BCUT2D eigenvalue weighted by Gasteiger charge is -2.33. The zero-order valence-corrected chi connectivity index (χ0v) is 16.4. The number of anilines is 1. The highest BCUT2D eigenvalue weighted by Gasteiger charge is 2.33. The zero-order chi connectivity index (χ0) is 21.0. The first kappa shape index (κ1) is 20.6. The van der Waals surface area contributed by atoms with Crippen molar-refractivity contribution in [3.05, 3.63) is 58.9 Å². The lowest BCUT2D eigenvalue weighted by atomic mass is 10.2. The summed E-state index contributed by atoms with van der Waals surface area (Å²) in [5.74, 6) is -1.78. The van der Waals surface area contributed by atoms with Gasteiger partial charge in [-0.3, -0.25) is 14.4 Å². The van der Waals surface area contributed by atoms with Crippen LogP contribution in [0.15, 0.2) is 42.5 Å².